The van der Waals surface area contributed by atoms with Gasteiger partial charge in [0.25, 0.3) is 0 Å². The van der Waals surface area contributed by atoms with Gasteiger partial charge in [-0.2, -0.15) is 0 Å². The average Bonchev–Trinajstić information content (AvgIpc) is 3.28. The molecule has 0 unspecified atom stereocenters. The van der Waals surface area contributed by atoms with Crippen molar-refractivity contribution in [2.75, 3.05) is 13.2 Å². The van der Waals surface area contributed by atoms with E-state index in [2.05, 4.69) is 16.4 Å². The number of carbonyl (C=O) groups excluding carboxylic acids is 1. The van der Waals surface area contributed by atoms with Crippen molar-refractivity contribution < 1.29 is 9.53 Å². The molecule has 1 aliphatic rings. The highest BCUT2D eigenvalue weighted by Gasteiger charge is 2.41. The minimum absolute atomic E-state index is 0.0754. The number of hydrogen-bond acceptors (Lipinski definition) is 4. The summed E-state index contributed by atoms with van der Waals surface area (Å²) in [6.07, 6.45) is 3.22. The van der Waals surface area contributed by atoms with Crippen LogP contribution < -0.4 is 5.32 Å². The molecule has 1 amide bonds. The van der Waals surface area contributed by atoms with Crippen LogP contribution in [-0.2, 0) is 21.5 Å². The summed E-state index contributed by atoms with van der Waals surface area (Å²) in [5, 5.41) is 5.20. The van der Waals surface area contributed by atoms with E-state index < -0.39 is 5.41 Å². The molecule has 1 aromatic carbocycles. The molecule has 1 fully saturated rings. The number of ether oxygens (including phenoxy) is 1. The van der Waals surface area contributed by atoms with E-state index in [4.69, 9.17) is 4.74 Å². The normalized spacial score (nSPS) is 16.0. The van der Waals surface area contributed by atoms with E-state index in [1.165, 1.54) is 0 Å². The molecular weight excluding hydrogens is 356 g/mol. The molecule has 3 heterocycles. The highest BCUT2D eigenvalue weighted by atomic mass is 32.1. The number of carbonyl (C=O) groups is 1. The third-order valence-electron chi connectivity index (χ3n) is 5.16. The van der Waals surface area contributed by atoms with Crippen molar-refractivity contribution in [1.82, 2.24) is 10.3 Å². The lowest BCUT2D eigenvalue weighted by molar-refractivity contribution is -0.130. The fourth-order valence-electron chi connectivity index (χ4n) is 3.62. The van der Waals surface area contributed by atoms with Crippen LogP contribution in [0.5, 0.6) is 0 Å². The van der Waals surface area contributed by atoms with Gasteiger partial charge in [-0.25, -0.2) is 0 Å². The second-order valence-electron chi connectivity index (χ2n) is 6.77. The van der Waals surface area contributed by atoms with Crippen LogP contribution >= 0.6 is 11.3 Å². The van der Waals surface area contributed by atoms with Gasteiger partial charge in [-0.15, -0.1) is 11.3 Å². The maximum Gasteiger partial charge on any atom is 0.231 e. The molecule has 4 nitrogen and oxygen atoms in total. The number of hydrogen-bond donors (Lipinski definition) is 1. The van der Waals surface area contributed by atoms with Gasteiger partial charge in [0.15, 0.2) is 0 Å². The SMILES string of the molecule is O=C(NCc1ccnc(-c2cccs2)c1)C1(c2ccccc2)CCOCC1. The van der Waals surface area contributed by atoms with Gasteiger partial charge in [0.1, 0.15) is 0 Å². The minimum Gasteiger partial charge on any atom is -0.381 e. The summed E-state index contributed by atoms with van der Waals surface area (Å²) >= 11 is 1.66. The van der Waals surface area contributed by atoms with E-state index in [1.807, 2.05) is 53.9 Å². The van der Waals surface area contributed by atoms with Gasteiger partial charge in [0.2, 0.25) is 5.91 Å². The van der Waals surface area contributed by atoms with Crippen molar-refractivity contribution in [2.45, 2.75) is 24.8 Å². The van der Waals surface area contributed by atoms with Gasteiger partial charge < -0.3 is 10.1 Å². The third kappa shape index (κ3) is 3.80. The minimum atomic E-state index is -0.511. The van der Waals surface area contributed by atoms with Crippen LogP contribution in [0.25, 0.3) is 10.6 Å². The Balaban J connectivity index is 1.52. The molecule has 27 heavy (non-hydrogen) atoms. The van der Waals surface area contributed by atoms with Crippen LogP contribution in [-0.4, -0.2) is 24.1 Å². The molecule has 0 aliphatic carbocycles. The molecule has 0 spiro atoms. The van der Waals surface area contributed by atoms with Gasteiger partial charge in [-0.1, -0.05) is 36.4 Å². The molecule has 0 radical (unpaired) electrons. The summed E-state index contributed by atoms with van der Waals surface area (Å²) in [5.41, 5.74) is 2.56. The number of nitrogens with one attached hydrogen (secondary N) is 1. The van der Waals surface area contributed by atoms with E-state index in [-0.39, 0.29) is 5.91 Å². The van der Waals surface area contributed by atoms with Gasteiger partial charge in [0.05, 0.1) is 16.0 Å². The van der Waals surface area contributed by atoms with E-state index in [9.17, 15) is 4.79 Å². The second-order valence-corrected chi connectivity index (χ2v) is 7.72. The quantitative estimate of drug-likeness (QED) is 0.725. The zero-order valence-corrected chi connectivity index (χ0v) is 15.9. The lowest BCUT2D eigenvalue weighted by Crippen LogP contribution is -2.47. The van der Waals surface area contributed by atoms with Crippen LogP contribution in [0.4, 0.5) is 0 Å². The molecule has 0 atom stereocenters. The predicted octanol–water partition coefficient (Wildman–Crippen LogP) is 4.17. The summed E-state index contributed by atoms with van der Waals surface area (Å²) in [6.45, 7) is 1.72. The van der Waals surface area contributed by atoms with Crippen LogP contribution in [0.2, 0.25) is 0 Å². The zero-order chi connectivity index (χ0) is 18.5. The van der Waals surface area contributed by atoms with Crippen molar-refractivity contribution >= 4 is 17.2 Å². The monoisotopic (exact) mass is 378 g/mol. The Morgan fingerprint density at radius 1 is 1.11 bits per heavy atom. The lowest BCUT2D eigenvalue weighted by atomic mass is 9.73. The largest absolute Gasteiger partial charge is 0.381 e. The Morgan fingerprint density at radius 2 is 1.93 bits per heavy atom. The number of nitrogens with zero attached hydrogens (tertiary/aromatic N) is 1. The molecule has 5 heteroatoms. The maximum atomic E-state index is 13.2. The molecule has 3 aromatic rings. The number of amides is 1. The molecule has 1 saturated heterocycles. The van der Waals surface area contributed by atoms with Crippen molar-refractivity contribution in [3.05, 3.63) is 77.3 Å². The van der Waals surface area contributed by atoms with E-state index in [1.54, 1.807) is 17.5 Å². The van der Waals surface area contributed by atoms with Gasteiger partial charge in [-0.05, 0) is 47.5 Å². The third-order valence-corrected chi connectivity index (χ3v) is 6.05. The van der Waals surface area contributed by atoms with Gasteiger partial charge in [0, 0.05) is 26.0 Å². The summed E-state index contributed by atoms with van der Waals surface area (Å²) in [6, 6.07) is 18.1. The molecule has 2 aromatic heterocycles. The predicted molar refractivity (Wildman–Crippen MR) is 108 cm³/mol. The summed E-state index contributed by atoms with van der Waals surface area (Å²) in [4.78, 5) is 18.8. The molecule has 1 aliphatic heterocycles. The first-order valence-electron chi connectivity index (χ1n) is 9.18. The highest BCUT2D eigenvalue weighted by Crippen LogP contribution is 2.35. The average molecular weight is 378 g/mol. The zero-order valence-electron chi connectivity index (χ0n) is 15.1. The second kappa shape index (κ2) is 8.03. The molecular formula is C22H22N2O2S. The van der Waals surface area contributed by atoms with E-state index in [0.717, 1.165) is 21.7 Å². The molecule has 1 N–H and O–H groups in total. The van der Waals surface area contributed by atoms with Crippen LogP contribution in [0.15, 0.2) is 66.2 Å². The molecule has 0 saturated carbocycles. The summed E-state index contributed by atoms with van der Waals surface area (Å²) in [5.74, 6) is 0.0754. The first kappa shape index (κ1) is 17.9. The van der Waals surface area contributed by atoms with Crippen LogP contribution in [0.3, 0.4) is 0 Å². The van der Waals surface area contributed by atoms with Crippen molar-refractivity contribution in [3.63, 3.8) is 0 Å². The van der Waals surface area contributed by atoms with E-state index >= 15 is 0 Å². The smallest absolute Gasteiger partial charge is 0.231 e. The Hall–Kier alpha value is -2.50. The van der Waals surface area contributed by atoms with Crippen molar-refractivity contribution in [3.8, 4) is 10.6 Å². The van der Waals surface area contributed by atoms with Gasteiger partial charge >= 0.3 is 0 Å². The molecule has 138 valence electrons. The Labute approximate surface area is 163 Å². The lowest BCUT2D eigenvalue weighted by Gasteiger charge is -2.36. The first-order valence-corrected chi connectivity index (χ1v) is 10.1. The number of aromatic nitrogens is 1. The van der Waals surface area contributed by atoms with Gasteiger partial charge in [-0.3, -0.25) is 9.78 Å². The number of thiophene rings is 1. The first-order chi connectivity index (χ1) is 13.3. The maximum absolute atomic E-state index is 13.2. The fourth-order valence-corrected chi connectivity index (χ4v) is 4.31. The Bertz CT molecular complexity index is 888. The molecule has 4 rings (SSSR count). The fraction of sp³-hybridized carbons (Fsp3) is 0.273. The Kier molecular flexibility index (Phi) is 5.32. The highest BCUT2D eigenvalue weighted by molar-refractivity contribution is 7.13. The number of rotatable bonds is 5. The van der Waals surface area contributed by atoms with Crippen molar-refractivity contribution in [1.29, 1.82) is 0 Å². The number of pyridine rings is 1. The van der Waals surface area contributed by atoms with E-state index in [0.29, 0.717) is 32.6 Å². The van der Waals surface area contributed by atoms with Crippen molar-refractivity contribution in [2.24, 2.45) is 0 Å². The summed E-state index contributed by atoms with van der Waals surface area (Å²) in [7, 11) is 0. The Morgan fingerprint density at radius 3 is 2.67 bits per heavy atom. The summed E-state index contributed by atoms with van der Waals surface area (Å²) < 4.78 is 5.53. The topological polar surface area (TPSA) is 51.2 Å². The number of benzene rings is 1. The van der Waals surface area contributed by atoms with Crippen LogP contribution in [0.1, 0.15) is 24.0 Å². The molecule has 0 bridgehead atoms. The van der Waals surface area contributed by atoms with Crippen LogP contribution in [0, 0.1) is 0 Å². The standard InChI is InChI=1S/C22H22N2O2S/c25-21(22(9-12-26-13-10-22)18-5-2-1-3-6-18)24-16-17-8-11-23-19(15-17)20-7-4-14-27-20/h1-8,11,14-15H,9-10,12-13,16H2,(H,24,25).